The molecule has 108 valence electrons. The maximum atomic E-state index is 6.21. The number of para-hydroxylation sites is 2. The van der Waals surface area contributed by atoms with Crippen LogP contribution in [0.15, 0.2) is 30.3 Å². The third kappa shape index (κ3) is 2.33. The molecule has 2 aromatic rings. The summed E-state index contributed by atoms with van der Waals surface area (Å²) in [5, 5.41) is 0.540. The number of benzene rings is 1. The van der Waals surface area contributed by atoms with Crippen LogP contribution in [0.25, 0.3) is 0 Å². The van der Waals surface area contributed by atoms with Crippen LogP contribution in [0.3, 0.4) is 0 Å². The van der Waals surface area contributed by atoms with E-state index in [-0.39, 0.29) is 0 Å². The van der Waals surface area contributed by atoms with E-state index in [2.05, 4.69) is 46.1 Å². The summed E-state index contributed by atoms with van der Waals surface area (Å²) in [4.78, 5) is 13.7. The second kappa shape index (κ2) is 4.88. The standard InChI is InChI=1S/C16H17ClN4/c1-20-8-9-21(13-5-3-2-4-12(13)20)15-10-14(17)18-16(19-15)11-6-7-11/h2-5,10-11H,6-9H2,1H3. The fraction of sp³-hybridized carbons (Fsp3) is 0.375. The molecule has 4 rings (SSSR count). The van der Waals surface area contributed by atoms with Gasteiger partial charge in [0.2, 0.25) is 0 Å². The summed E-state index contributed by atoms with van der Waals surface area (Å²) in [6.45, 7) is 1.88. The Hall–Kier alpha value is -1.81. The Balaban J connectivity index is 1.78. The van der Waals surface area contributed by atoms with E-state index in [1.165, 1.54) is 24.2 Å². The van der Waals surface area contributed by atoms with Crippen LogP contribution in [0.5, 0.6) is 0 Å². The van der Waals surface area contributed by atoms with Crippen molar-refractivity contribution < 1.29 is 0 Å². The fourth-order valence-corrected chi connectivity index (χ4v) is 3.01. The van der Waals surface area contributed by atoms with E-state index < -0.39 is 0 Å². The fourth-order valence-electron chi connectivity index (χ4n) is 2.83. The van der Waals surface area contributed by atoms with Gasteiger partial charge >= 0.3 is 0 Å². The maximum Gasteiger partial charge on any atom is 0.138 e. The van der Waals surface area contributed by atoms with E-state index in [0.29, 0.717) is 11.1 Å². The summed E-state index contributed by atoms with van der Waals surface area (Å²) < 4.78 is 0. The van der Waals surface area contributed by atoms with E-state index in [1.807, 2.05) is 6.07 Å². The van der Waals surface area contributed by atoms with Crippen LogP contribution in [0, 0.1) is 0 Å². The van der Waals surface area contributed by atoms with Gasteiger partial charge in [0.15, 0.2) is 0 Å². The van der Waals surface area contributed by atoms with Crippen LogP contribution < -0.4 is 9.80 Å². The zero-order valence-electron chi connectivity index (χ0n) is 12.0. The molecule has 0 bridgehead atoms. The molecule has 1 aromatic carbocycles. The van der Waals surface area contributed by atoms with Gasteiger partial charge in [0, 0.05) is 32.1 Å². The summed E-state index contributed by atoms with van der Waals surface area (Å²) in [7, 11) is 2.12. The van der Waals surface area contributed by atoms with Gasteiger partial charge in [-0.05, 0) is 25.0 Å². The lowest BCUT2D eigenvalue weighted by atomic mass is 10.1. The third-order valence-electron chi connectivity index (χ3n) is 4.16. The van der Waals surface area contributed by atoms with E-state index in [0.717, 1.165) is 24.7 Å². The monoisotopic (exact) mass is 300 g/mol. The molecule has 0 saturated heterocycles. The van der Waals surface area contributed by atoms with Gasteiger partial charge in [0.1, 0.15) is 16.8 Å². The number of rotatable bonds is 2. The van der Waals surface area contributed by atoms with Gasteiger partial charge < -0.3 is 9.80 Å². The minimum Gasteiger partial charge on any atom is -0.371 e. The summed E-state index contributed by atoms with van der Waals surface area (Å²) in [6, 6.07) is 10.3. The number of likely N-dealkylation sites (N-methyl/N-ethyl adjacent to an activating group) is 1. The topological polar surface area (TPSA) is 32.3 Å². The lowest BCUT2D eigenvalue weighted by Gasteiger charge is -2.36. The van der Waals surface area contributed by atoms with Crippen LogP contribution in [-0.2, 0) is 0 Å². The molecule has 0 radical (unpaired) electrons. The van der Waals surface area contributed by atoms with Crippen LogP contribution in [-0.4, -0.2) is 30.1 Å². The molecular formula is C16H17ClN4. The van der Waals surface area contributed by atoms with Crippen molar-refractivity contribution in [1.29, 1.82) is 0 Å². The molecule has 2 aliphatic rings. The highest BCUT2D eigenvalue weighted by Crippen LogP contribution is 2.41. The van der Waals surface area contributed by atoms with Gasteiger partial charge in [0.25, 0.3) is 0 Å². The SMILES string of the molecule is CN1CCN(c2cc(Cl)nc(C3CC3)n2)c2ccccc21. The van der Waals surface area contributed by atoms with E-state index in [1.54, 1.807) is 0 Å². The Morgan fingerprint density at radius 3 is 2.62 bits per heavy atom. The molecule has 1 fully saturated rings. The number of fused-ring (bicyclic) bond motifs is 1. The number of nitrogens with zero attached hydrogens (tertiary/aromatic N) is 4. The highest BCUT2D eigenvalue weighted by Gasteiger charge is 2.29. The normalized spacial score (nSPS) is 17.8. The van der Waals surface area contributed by atoms with E-state index in [4.69, 9.17) is 16.6 Å². The smallest absolute Gasteiger partial charge is 0.138 e. The average molecular weight is 301 g/mol. The Kier molecular flexibility index (Phi) is 3.00. The Bertz CT molecular complexity index is 684. The third-order valence-corrected chi connectivity index (χ3v) is 4.35. The second-order valence-corrected chi connectivity index (χ2v) is 6.13. The van der Waals surface area contributed by atoms with Gasteiger partial charge in [-0.25, -0.2) is 9.97 Å². The summed E-state index contributed by atoms with van der Waals surface area (Å²) >= 11 is 6.21. The Morgan fingerprint density at radius 2 is 1.86 bits per heavy atom. The second-order valence-electron chi connectivity index (χ2n) is 5.74. The number of halogens is 1. The molecule has 4 nitrogen and oxygen atoms in total. The van der Waals surface area contributed by atoms with Crippen LogP contribution in [0.1, 0.15) is 24.6 Å². The van der Waals surface area contributed by atoms with Crippen molar-refractivity contribution in [3.63, 3.8) is 0 Å². The molecular weight excluding hydrogens is 284 g/mol. The first-order valence-electron chi connectivity index (χ1n) is 7.34. The van der Waals surface area contributed by atoms with Gasteiger partial charge in [-0.1, -0.05) is 23.7 Å². The van der Waals surface area contributed by atoms with Crippen molar-refractivity contribution in [2.75, 3.05) is 29.9 Å². The van der Waals surface area contributed by atoms with E-state index >= 15 is 0 Å². The highest BCUT2D eigenvalue weighted by atomic mass is 35.5. The summed E-state index contributed by atoms with van der Waals surface area (Å²) in [5.74, 6) is 2.32. The average Bonchev–Trinajstić information content (AvgIpc) is 3.32. The van der Waals surface area contributed by atoms with Crippen LogP contribution in [0.4, 0.5) is 17.2 Å². The maximum absolute atomic E-state index is 6.21. The highest BCUT2D eigenvalue weighted by molar-refractivity contribution is 6.29. The molecule has 2 heterocycles. The zero-order valence-corrected chi connectivity index (χ0v) is 12.7. The van der Waals surface area contributed by atoms with Gasteiger partial charge in [-0.15, -0.1) is 0 Å². The minimum atomic E-state index is 0.505. The van der Waals surface area contributed by atoms with Crippen molar-refractivity contribution in [3.05, 3.63) is 41.3 Å². The number of hydrogen-bond donors (Lipinski definition) is 0. The Morgan fingerprint density at radius 1 is 1.10 bits per heavy atom. The molecule has 5 heteroatoms. The molecule has 0 atom stereocenters. The predicted octanol–water partition coefficient (Wildman–Crippen LogP) is 3.60. The Labute approximate surface area is 129 Å². The number of aromatic nitrogens is 2. The molecule has 1 aromatic heterocycles. The first kappa shape index (κ1) is 12.9. The quantitative estimate of drug-likeness (QED) is 0.793. The van der Waals surface area contributed by atoms with E-state index in [9.17, 15) is 0 Å². The first-order valence-corrected chi connectivity index (χ1v) is 7.72. The van der Waals surface area contributed by atoms with Crippen molar-refractivity contribution in [1.82, 2.24) is 9.97 Å². The summed E-state index contributed by atoms with van der Waals surface area (Å²) in [5.41, 5.74) is 2.41. The number of anilines is 3. The molecule has 0 amide bonds. The predicted molar refractivity (Wildman–Crippen MR) is 85.7 cm³/mol. The first-order chi connectivity index (χ1) is 10.2. The molecule has 1 saturated carbocycles. The molecule has 1 aliphatic heterocycles. The van der Waals surface area contributed by atoms with Crippen molar-refractivity contribution >= 4 is 28.8 Å². The van der Waals surface area contributed by atoms with Crippen molar-refractivity contribution in [2.45, 2.75) is 18.8 Å². The minimum absolute atomic E-state index is 0.505. The van der Waals surface area contributed by atoms with Gasteiger partial charge in [-0.2, -0.15) is 0 Å². The zero-order chi connectivity index (χ0) is 14.4. The molecule has 0 spiro atoms. The van der Waals surface area contributed by atoms with Gasteiger partial charge in [0.05, 0.1) is 11.4 Å². The van der Waals surface area contributed by atoms with Gasteiger partial charge in [-0.3, -0.25) is 0 Å². The lowest BCUT2D eigenvalue weighted by molar-refractivity contribution is 0.802. The van der Waals surface area contributed by atoms with Crippen molar-refractivity contribution in [3.8, 4) is 0 Å². The molecule has 0 unspecified atom stereocenters. The molecule has 0 N–H and O–H groups in total. The van der Waals surface area contributed by atoms with Crippen molar-refractivity contribution in [2.24, 2.45) is 0 Å². The number of hydrogen-bond acceptors (Lipinski definition) is 4. The largest absolute Gasteiger partial charge is 0.371 e. The summed E-state index contributed by atoms with van der Waals surface area (Å²) in [6.07, 6.45) is 2.36. The molecule has 1 aliphatic carbocycles. The molecule has 21 heavy (non-hydrogen) atoms. The van der Waals surface area contributed by atoms with Crippen LogP contribution >= 0.6 is 11.6 Å². The van der Waals surface area contributed by atoms with Crippen LogP contribution in [0.2, 0.25) is 5.15 Å². The lowest BCUT2D eigenvalue weighted by Crippen LogP contribution is -2.36.